The third-order valence-electron chi connectivity index (χ3n) is 7.48. The van der Waals surface area contributed by atoms with Crippen molar-refractivity contribution in [1.29, 1.82) is 0 Å². The highest BCUT2D eigenvalue weighted by Gasteiger charge is 2.39. The maximum Gasteiger partial charge on any atom is 0.416 e. The summed E-state index contributed by atoms with van der Waals surface area (Å²) in [5.41, 5.74) is 1.23. The zero-order chi connectivity index (χ0) is 27.3. The highest BCUT2D eigenvalue weighted by molar-refractivity contribution is 7.92. The molecule has 1 N–H and O–H groups in total. The summed E-state index contributed by atoms with van der Waals surface area (Å²) in [6.45, 7) is 4.55. The number of nitrogens with zero attached hydrogens (tertiary/aromatic N) is 1. The van der Waals surface area contributed by atoms with Crippen LogP contribution in [0, 0.1) is 0 Å². The Balaban J connectivity index is 1.47. The Morgan fingerprint density at radius 3 is 2.61 bits per heavy atom. The summed E-state index contributed by atoms with van der Waals surface area (Å²) in [5.74, 6) is -0.426. The number of alkyl halides is 3. The van der Waals surface area contributed by atoms with Gasteiger partial charge < -0.3 is 14.8 Å². The van der Waals surface area contributed by atoms with E-state index in [2.05, 4.69) is 5.32 Å². The second-order valence-corrected chi connectivity index (χ2v) is 11.9. The fourth-order valence-corrected chi connectivity index (χ4v) is 6.66. The average Bonchev–Trinajstić information content (AvgIpc) is 3.69. The zero-order valence-corrected chi connectivity index (χ0v) is 21.9. The maximum absolute atomic E-state index is 13.4. The van der Waals surface area contributed by atoms with Crippen molar-refractivity contribution in [2.24, 2.45) is 0 Å². The van der Waals surface area contributed by atoms with Gasteiger partial charge in [0, 0.05) is 29.3 Å². The average molecular weight is 551 g/mol. The minimum absolute atomic E-state index is 0.0809. The number of fused-ring (bicyclic) bond motifs is 2. The number of rotatable bonds is 6. The summed E-state index contributed by atoms with van der Waals surface area (Å²) in [5, 5.41) is 2.88. The van der Waals surface area contributed by atoms with E-state index in [0.717, 1.165) is 12.1 Å². The van der Waals surface area contributed by atoms with Crippen molar-refractivity contribution in [1.82, 2.24) is 0 Å². The van der Waals surface area contributed by atoms with Gasteiger partial charge >= 0.3 is 6.18 Å². The predicted molar refractivity (Wildman–Crippen MR) is 138 cm³/mol. The maximum atomic E-state index is 13.4. The number of carbonyl (C=O) groups excluding carboxylic acids is 1. The first-order valence-corrected chi connectivity index (χ1v) is 14.2. The lowest BCUT2D eigenvalue weighted by molar-refractivity contribution is -0.137. The lowest BCUT2D eigenvalue weighted by atomic mass is 9.83. The summed E-state index contributed by atoms with van der Waals surface area (Å²) in [6.07, 6.45) is -1.52. The van der Waals surface area contributed by atoms with Crippen molar-refractivity contribution >= 4 is 32.9 Å². The van der Waals surface area contributed by atoms with Crippen LogP contribution in [0.25, 0.3) is 5.57 Å². The molecule has 0 radical (unpaired) electrons. The van der Waals surface area contributed by atoms with Crippen molar-refractivity contribution in [3.8, 4) is 5.75 Å². The number of benzene rings is 2. The van der Waals surface area contributed by atoms with Crippen LogP contribution >= 0.6 is 0 Å². The van der Waals surface area contributed by atoms with Crippen molar-refractivity contribution in [2.75, 3.05) is 28.5 Å². The Kier molecular flexibility index (Phi) is 6.71. The van der Waals surface area contributed by atoms with Gasteiger partial charge in [-0.05, 0) is 49.1 Å². The molecule has 1 fully saturated rings. The van der Waals surface area contributed by atoms with E-state index in [1.807, 2.05) is 13.8 Å². The summed E-state index contributed by atoms with van der Waals surface area (Å²) in [6, 6.07) is 8.45. The van der Waals surface area contributed by atoms with Crippen LogP contribution in [0.1, 0.15) is 49.8 Å². The highest BCUT2D eigenvalue weighted by Crippen LogP contribution is 2.45. The molecule has 2 aromatic rings. The van der Waals surface area contributed by atoms with E-state index in [1.165, 1.54) is 16.4 Å². The van der Waals surface area contributed by atoms with Crippen LogP contribution in [0.5, 0.6) is 5.75 Å². The molecule has 1 saturated heterocycles. The van der Waals surface area contributed by atoms with E-state index < -0.39 is 33.3 Å². The Morgan fingerprint density at radius 2 is 1.95 bits per heavy atom. The molecular weight excluding hydrogens is 521 g/mol. The predicted octanol–water partition coefficient (Wildman–Crippen LogP) is 5.16. The van der Waals surface area contributed by atoms with E-state index in [0.29, 0.717) is 53.9 Å². The van der Waals surface area contributed by atoms with Gasteiger partial charge in [-0.2, -0.15) is 13.2 Å². The molecule has 3 heterocycles. The molecule has 0 aliphatic carbocycles. The van der Waals surface area contributed by atoms with Gasteiger partial charge in [0.1, 0.15) is 11.4 Å². The molecule has 1 amide bonds. The SMILES string of the molecule is CCC1(CC)CC(=CC(=O)Nc2cccc3c2CCS(=O)(=O)N3CC2CO2)c2ccc(C(F)(F)F)cc2O1. The molecule has 2 aromatic carbocycles. The minimum atomic E-state index is -4.52. The summed E-state index contributed by atoms with van der Waals surface area (Å²) in [4.78, 5) is 13.2. The Bertz CT molecular complexity index is 1400. The number of nitrogens with one attached hydrogen (secondary N) is 1. The van der Waals surface area contributed by atoms with E-state index >= 15 is 0 Å². The van der Waals surface area contributed by atoms with Gasteiger partial charge in [0.25, 0.3) is 0 Å². The topological polar surface area (TPSA) is 88.2 Å². The Hall–Kier alpha value is -3.05. The van der Waals surface area contributed by atoms with Crippen molar-refractivity contribution < 1.29 is 35.9 Å². The molecule has 3 aliphatic heterocycles. The van der Waals surface area contributed by atoms with Crippen LogP contribution in [-0.4, -0.2) is 44.9 Å². The summed E-state index contributed by atoms with van der Waals surface area (Å²) < 4.78 is 78.2. The molecule has 5 rings (SSSR count). The van der Waals surface area contributed by atoms with Crippen LogP contribution in [-0.2, 0) is 32.2 Å². The zero-order valence-electron chi connectivity index (χ0n) is 21.1. The van der Waals surface area contributed by atoms with E-state index in [-0.39, 0.29) is 30.6 Å². The molecular formula is C27H29F3N2O5S. The summed E-state index contributed by atoms with van der Waals surface area (Å²) in [7, 11) is -3.49. The lowest BCUT2D eigenvalue weighted by Crippen LogP contribution is -2.40. The van der Waals surface area contributed by atoms with E-state index in [9.17, 15) is 26.4 Å². The lowest BCUT2D eigenvalue weighted by Gasteiger charge is -2.39. The standard InChI is InChI=1S/C27H29F3N2O5S/c1-3-26(4-2)14-17(20-9-8-18(27(28,29)30)13-24(20)37-26)12-25(33)31-22-6-5-7-23-21(22)10-11-38(34,35)32(23)15-19-16-36-19/h5-9,12-13,19H,3-4,10-11,14-16H2,1-2H3,(H,31,33). The highest BCUT2D eigenvalue weighted by atomic mass is 32.2. The smallest absolute Gasteiger partial charge is 0.416 e. The fraction of sp³-hybridized carbons (Fsp3) is 0.444. The van der Waals surface area contributed by atoms with Gasteiger partial charge in [0.2, 0.25) is 15.9 Å². The van der Waals surface area contributed by atoms with Gasteiger partial charge in [-0.25, -0.2) is 8.42 Å². The second-order valence-electron chi connectivity index (χ2n) is 9.89. The van der Waals surface area contributed by atoms with E-state index in [1.54, 1.807) is 18.2 Å². The quantitative estimate of drug-likeness (QED) is 0.397. The molecule has 7 nitrogen and oxygen atoms in total. The van der Waals surface area contributed by atoms with Gasteiger partial charge in [-0.3, -0.25) is 9.10 Å². The first-order chi connectivity index (χ1) is 17.9. The number of hydrogen-bond donors (Lipinski definition) is 1. The van der Waals surface area contributed by atoms with Gasteiger partial charge in [0.05, 0.1) is 36.3 Å². The molecule has 204 valence electrons. The number of sulfonamides is 1. The van der Waals surface area contributed by atoms with Crippen LogP contribution in [0.4, 0.5) is 24.5 Å². The second kappa shape index (κ2) is 9.60. The molecule has 0 saturated carbocycles. The van der Waals surface area contributed by atoms with Gasteiger partial charge in [-0.1, -0.05) is 26.0 Å². The van der Waals surface area contributed by atoms with Crippen molar-refractivity contribution in [2.45, 2.75) is 57.4 Å². The Labute approximate surface area is 219 Å². The molecule has 0 spiro atoms. The minimum Gasteiger partial charge on any atom is -0.486 e. The first kappa shape index (κ1) is 26.6. The number of anilines is 2. The largest absolute Gasteiger partial charge is 0.486 e. The molecule has 38 heavy (non-hydrogen) atoms. The molecule has 3 aliphatic rings. The van der Waals surface area contributed by atoms with Crippen molar-refractivity contribution in [3.05, 3.63) is 59.2 Å². The van der Waals surface area contributed by atoms with Crippen LogP contribution in [0.3, 0.4) is 0 Å². The van der Waals surface area contributed by atoms with Gasteiger partial charge in [-0.15, -0.1) is 0 Å². The van der Waals surface area contributed by atoms with Crippen LogP contribution in [0.15, 0.2) is 42.5 Å². The number of ether oxygens (including phenoxy) is 2. The third-order valence-corrected chi connectivity index (χ3v) is 9.22. The number of carbonyl (C=O) groups is 1. The number of halogens is 3. The normalized spacial score (nSPS) is 22.3. The fourth-order valence-electron chi connectivity index (χ4n) is 5.11. The third kappa shape index (κ3) is 5.13. The molecule has 0 aromatic heterocycles. The van der Waals surface area contributed by atoms with Gasteiger partial charge in [0.15, 0.2) is 0 Å². The number of hydrogen-bond acceptors (Lipinski definition) is 5. The molecule has 1 atom stereocenters. The molecule has 11 heteroatoms. The Morgan fingerprint density at radius 1 is 1.21 bits per heavy atom. The summed E-state index contributed by atoms with van der Waals surface area (Å²) >= 11 is 0. The van der Waals surface area contributed by atoms with Crippen LogP contribution in [0.2, 0.25) is 0 Å². The molecule has 1 unspecified atom stereocenters. The van der Waals surface area contributed by atoms with Crippen molar-refractivity contribution in [3.63, 3.8) is 0 Å². The van der Waals surface area contributed by atoms with E-state index in [4.69, 9.17) is 9.47 Å². The molecule has 0 bridgehead atoms. The van der Waals surface area contributed by atoms with Crippen LogP contribution < -0.4 is 14.4 Å². The number of amides is 1. The number of epoxide rings is 1. The first-order valence-electron chi connectivity index (χ1n) is 12.6. The monoisotopic (exact) mass is 550 g/mol.